The fraction of sp³-hybridized carbons (Fsp3) is 0.655. The smallest absolute Gasteiger partial charge is 0.318 e. The number of anilines is 2. The van der Waals surface area contributed by atoms with Crippen LogP contribution in [-0.2, 0) is 34.5 Å². The second-order valence-corrected chi connectivity index (χ2v) is 11.9. The highest BCUT2D eigenvalue weighted by molar-refractivity contribution is 5.54. The van der Waals surface area contributed by atoms with Crippen LogP contribution in [0.3, 0.4) is 0 Å². The number of fused-ring (bicyclic) bond motifs is 4. The molecule has 1 aromatic carbocycles. The SMILES string of the molecule is Nc1ccc2c(c1F)C1(CCC2)Cc2nc(OC[C@@]34CCCN3C[C@H](F)C4)nc(N3CCCOCC3)c2CO1. The van der Waals surface area contributed by atoms with Crippen molar-refractivity contribution in [3.8, 4) is 6.01 Å². The second-order valence-electron chi connectivity index (χ2n) is 11.9. The average Bonchev–Trinajstić information content (AvgIpc) is 3.30. The summed E-state index contributed by atoms with van der Waals surface area (Å²) in [6.07, 6.45) is 5.36. The van der Waals surface area contributed by atoms with Crippen molar-refractivity contribution >= 4 is 11.5 Å². The lowest BCUT2D eigenvalue weighted by molar-refractivity contribution is -0.0876. The first-order valence-corrected chi connectivity index (χ1v) is 14.4. The minimum atomic E-state index is -0.822. The second kappa shape index (κ2) is 9.82. The number of nitrogen functional groups attached to an aromatic ring is 1. The number of ether oxygens (including phenoxy) is 3. The molecule has 4 aliphatic heterocycles. The Bertz CT molecular complexity index is 1260. The van der Waals surface area contributed by atoms with Crippen LogP contribution < -0.4 is 15.4 Å². The van der Waals surface area contributed by atoms with Gasteiger partial charge in [0.25, 0.3) is 0 Å². The first-order valence-electron chi connectivity index (χ1n) is 14.4. The zero-order valence-corrected chi connectivity index (χ0v) is 22.4. The van der Waals surface area contributed by atoms with Crippen LogP contribution in [0.1, 0.15) is 60.9 Å². The van der Waals surface area contributed by atoms with E-state index in [1.807, 2.05) is 6.07 Å². The summed E-state index contributed by atoms with van der Waals surface area (Å²) in [5.74, 6) is 0.420. The van der Waals surface area contributed by atoms with Crippen molar-refractivity contribution in [2.75, 3.05) is 56.6 Å². The molecule has 3 saturated heterocycles. The van der Waals surface area contributed by atoms with Crippen molar-refractivity contribution in [2.45, 2.75) is 75.3 Å². The minimum absolute atomic E-state index is 0.143. The highest BCUT2D eigenvalue weighted by atomic mass is 19.1. The molecule has 1 aromatic heterocycles. The normalized spacial score (nSPS) is 30.6. The summed E-state index contributed by atoms with van der Waals surface area (Å²) >= 11 is 0. The highest BCUT2D eigenvalue weighted by Gasteiger charge is 2.50. The van der Waals surface area contributed by atoms with Crippen LogP contribution in [0.5, 0.6) is 6.01 Å². The van der Waals surface area contributed by atoms with E-state index in [0.29, 0.717) is 63.7 Å². The molecule has 0 bridgehead atoms. The molecular weight excluding hydrogens is 504 g/mol. The highest BCUT2D eigenvalue weighted by Crippen LogP contribution is 2.48. The van der Waals surface area contributed by atoms with Crippen LogP contribution in [0, 0.1) is 5.82 Å². The van der Waals surface area contributed by atoms with E-state index in [4.69, 9.17) is 29.9 Å². The zero-order chi connectivity index (χ0) is 26.6. The van der Waals surface area contributed by atoms with Gasteiger partial charge in [-0.05, 0) is 56.7 Å². The fourth-order valence-corrected chi connectivity index (χ4v) is 7.60. The summed E-state index contributed by atoms with van der Waals surface area (Å²) in [5, 5.41) is 0. The third-order valence-electron chi connectivity index (χ3n) is 9.49. The van der Waals surface area contributed by atoms with Gasteiger partial charge in [0, 0.05) is 50.2 Å². The van der Waals surface area contributed by atoms with Gasteiger partial charge in [-0.1, -0.05) is 6.07 Å². The molecule has 8 nitrogen and oxygen atoms in total. The van der Waals surface area contributed by atoms with Crippen LogP contribution in [0.15, 0.2) is 12.1 Å². The van der Waals surface area contributed by atoms with Gasteiger partial charge in [-0.15, -0.1) is 0 Å². The summed E-state index contributed by atoms with van der Waals surface area (Å²) in [4.78, 5) is 14.3. The van der Waals surface area contributed by atoms with Gasteiger partial charge in [0.1, 0.15) is 24.2 Å². The number of nitrogens with zero attached hydrogens (tertiary/aromatic N) is 4. The standard InChI is InChI=1S/C29H37F2N5O3/c30-20-14-28(7-2-10-36(28)16-20)18-38-27-33-23-15-29(8-1-4-19-5-6-22(32)25(31)24(19)29)39-17-21(23)26(34-27)35-9-3-12-37-13-11-35/h5-6,20H,1-4,7-18,32H2/t20-,28+,29?/m1/s1. The Hall–Kier alpha value is -2.56. The largest absolute Gasteiger partial charge is 0.461 e. The monoisotopic (exact) mass is 541 g/mol. The molecule has 0 radical (unpaired) electrons. The molecule has 5 aliphatic rings. The van der Waals surface area contributed by atoms with E-state index >= 15 is 4.39 Å². The fourth-order valence-electron chi connectivity index (χ4n) is 7.60. The molecule has 0 amide bonds. The van der Waals surface area contributed by atoms with Gasteiger partial charge in [0.05, 0.1) is 30.1 Å². The van der Waals surface area contributed by atoms with Crippen LogP contribution >= 0.6 is 0 Å². The molecule has 210 valence electrons. The zero-order valence-electron chi connectivity index (χ0n) is 22.4. The molecule has 1 spiro atoms. The van der Waals surface area contributed by atoms with Gasteiger partial charge in [0.2, 0.25) is 0 Å². The number of hydrogen-bond donors (Lipinski definition) is 1. The van der Waals surface area contributed by atoms with E-state index in [1.165, 1.54) is 0 Å². The van der Waals surface area contributed by atoms with Crippen molar-refractivity contribution < 1.29 is 23.0 Å². The van der Waals surface area contributed by atoms with Crippen LogP contribution in [0.2, 0.25) is 0 Å². The predicted octanol–water partition coefficient (Wildman–Crippen LogP) is 3.68. The molecule has 7 rings (SSSR count). The number of nitrogens with two attached hydrogens (primary N) is 1. The van der Waals surface area contributed by atoms with E-state index < -0.39 is 11.8 Å². The summed E-state index contributed by atoms with van der Waals surface area (Å²) in [6, 6.07) is 3.88. The molecule has 1 unspecified atom stereocenters. The summed E-state index contributed by atoms with van der Waals surface area (Å²) in [6.45, 7) is 4.89. The topological polar surface area (TPSA) is 86.0 Å². The van der Waals surface area contributed by atoms with E-state index in [9.17, 15) is 4.39 Å². The van der Waals surface area contributed by atoms with Gasteiger partial charge >= 0.3 is 6.01 Å². The number of alkyl halides is 1. The van der Waals surface area contributed by atoms with Crippen molar-refractivity contribution in [2.24, 2.45) is 0 Å². The Kier molecular flexibility index (Phi) is 6.40. The number of halogens is 2. The molecular formula is C29H37F2N5O3. The molecule has 2 aromatic rings. The lowest BCUT2D eigenvalue weighted by atomic mass is 9.74. The molecule has 0 saturated carbocycles. The van der Waals surface area contributed by atoms with E-state index in [-0.39, 0.29) is 23.7 Å². The molecule has 3 fully saturated rings. The third-order valence-corrected chi connectivity index (χ3v) is 9.49. The van der Waals surface area contributed by atoms with Gasteiger partial charge in [-0.2, -0.15) is 9.97 Å². The molecule has 5 heterocycles. The van der Waals surface area contributed by atoms with Crippen molar-refractivity contribution in [3.05, 3.63) is 40.3 Å². The summed E-state index contributed by atoms with van der Waals surface area (Å²) < 4.78 is 48.5. The first kappa shape index (κ1) is 25.4. The van der Waals surface area contributed by atoms with Gasteiger partial charge in [0.15, 0.2) is 5.82 Å². The van der Waals surface area contributed by atoms with E-state index in [2.05, 4.69) is 9.80 Å². The van der Waals surface area contributed by atoms with Crippen LogP contribution in [-0.4, -0.2) is 72.6 Å². The Balaban J connectivity index is 1.25. The lowest BCUT2D eigenvalue weighted by Crippen LogP contribution is -2.44. The number of hydrogen-bond acceptors (Lipinski definition) is 8. The quantitative estimate of drug-likeness (QED) is 0.587. The van der Waals surface area contributed by atoms with Crippen LogP contribution in [0.25, 0.3) is 0 Å². The van der Waals surface area contributed by atoms with Crippen molar-refractivity contribution in [3.63, 3.8) is 0 Å². The number of benzene rings is 1. The summed E-state index contributed by atoms with van der Waals surface area (Å²) in [5.41, 5.74) is 8.33. The number of rotatable bonds is 4. The molecule has 1 aliphatic carbocycles. The van der Waals surface area contributed by atoms with Gasteiger partial charge < -0.3 is 24.8 Å². The lowest BCUT2D eigenvalue weighted by Gasteiger charge is -2.43. The predicted molar refractivity (Wildman–Crippen MR) is 142 cm³/mol. The van der Waals surface area contributed by atoms with Gasteiger partial charge in [-0.3, -0.25) is 4.90 Å². The Morgan fingerprint density at radius 2 is 2.03 bits per heavy atom. The number of aromatic nitrogens is 2. The van der Waals surface area contributed by atoms with Crippen molar-refractivity contribution in [1.82, 2.24) is 14.9 Å². The Labute approximate surface area is 227 Å². The molecule has 2 N–H and O–H groups in total. The molecule has 10 heteroatoms. The first-order chi connectivity index (χ1) is 19.0. The van der Waals surface area contributed by atoms with Crippen LogP contribution in [0.4, 0.5) is 20.3 Å². The molecule has 39 heavy (non-hydrogen) atoms. The number of aryl methyl sites for hydroxylation is 1. The maximum Gasteiger partial charge on any atom is 0.318 e. The Morgan fingerprint density at radius 1 is 1.10 bits per heavy atom. The minimum Gasteiger partial charge on any atom is -0.461 e. The average molecular weight is 542 g/mol. The van der Waals surface area contributed by atoms with E-state index in [0.717, 1.165) is 67.8 Å². The Morgan fingerprint density at radius 3 is 2.95 bits per heavy atom. The maximum atomic E-state index is 15.5. The molecule has 3 atom stereocenters. The van der Waals surface area contributed by atoms with Crippen molar-refractivity contribution in [1.29, 1.82) is 0 Å². The van der Waals surface area contributed by atoms with Gasteiger partial charge in [-0.25, -0.2) is 8.78 Å². The third kappa shape index (κ3) is 4.35. The van der Waals surface area contributed by atoms with E-state index in [1.54, 1.807) is 6.07 Å². The summed E-state index contributed by atoms with van der Waals surface area (Å²) in [7, 11) is 0. The maximum absolute atomic E-state index is 15.5.